The first-order valence-electron chi connectivity index (χ1n) is 10.1. The number of carbonyl (C=O) groups is 1. The molecule has 156 valence electrons. The van der Waals surface area contributed by atoms with Crippen molar-refractivity contribution in [3.05, 3.63) is 48.5 Å². The third-order valence-electron chi connectivity index (χ3n) is 4.96. The zero-order valence-corrected chi connectivity index (χ0v) is 17.2. The van der Waals surface area contributed by atoms with Gasteiger partial charge in [0.15, 0.2) is 0 Å². The maximum absolute atomic E-state index is 12.2. The van der Waals surface area contributed by atoms with Crippen LogP contribution in [0.3, 0.4) is 0 Å². The summed E-state index contributed by atoms with van der Waals surface area (Å²) >= 11 is 0. The lowest BCUT2D eigenvalue weighted by atomic mass is 10.2. The van der Waals surface area contributed by atoms with Gasteiger partial charge in [0.05, 0.1) is 19.4 Å². The van der Waals surface area contributed by atoms with Crippen LogP contribution in [0.15, 0.2) is 48.5 Å². The number of methoxy groups -OCH3 is 1. The first-order valence-corrected chi connectivity index (χ1v) is 10.1. The van der Waals surface area contributed by atoms with Gasteiger partial charge in [0, 0.05) is 45.0 Å². The number of carbonyl (C=O) groups excluding carboxylic acids is 1. The molecule has 2 aromatic rings. The minimum atomic E-state index is -0.214. The van der Waals surface area contributed by atoms with Crippen molar-refractivity contribution in [2.24, 2.45) is 0 Å². The van der Waals surface area contributed by atoms with Crippen molar-refractivity contribution in [3.63, 3.8) is 0 Å². The average Bonchev–Trinajstić information content (AvgIpc) is 2.76. The Balaban J connectivity index is 1.37. The van der Waals surface area contributed by atoms with Gasteiger partial charge in [-0.15, -0.1) is 0 Å². The van der Waals surface area contributed by atoms with Crippen LogP contribution < -0.4 is 25.0 Å². The number of para-hydroxylation sites is 2. The number of nitrogens with zero attached hydrogens (tertiary/aromatic N) is 2. The normalized spacial score (nSPS) is 14.3. The van der Waals surface area contributed by atoms with Gasteiger partial charge >= 0.3 is 6.03 Å². The summed E-state index contributed by atoms with van der Waals surface area (Å²) in [6.45, 7) is 7.81. The van der Waals surface area contributed by atoms with Crippen LogP contribution in [0.4, 0.5) is 16.2 Å². The molecule has 3 rings (SSSR count). The highest BCUT2D eigenvalue weighted by Gasteiger charge is 2.17. The van der Waals surface area contributed by atoms with E-state index in [0.717, 1.165) is 38.5 Å². The van der Waals surface area contributed by atoms with Crippen molar-refractivity contribution in [1.82, 2.24) is 10.2 Å². The van der Waals surface area contributed by atoms with Crippen LogP contribution in [0.25, 0.3) is 0 Å². The number of nitrogens with one attached hydrogen (secondary N) is 2. The third-order valence-corrected chi connectivity index (χ3v) is 4.96. The largest absolute Gasteiger partial charge is 0.497 e. The van der Waals surface area contributed by atoms with Crippen molar-refractivity contribution in [3.8, 4) is 11.5 Å². The molecule has 7 nitrogen and oxygen atoms in total. The van der Waals surface area contributed by atoms with E-state index in [1.807, 2.05) is 43.3 Å². The zero-order valence-electron chi connectivity index (χ0n) is 17.2. The molecule has 0 unspecified atom stereocenters. The van der Waals surface area contributed by atoms with E-state index < -0.39 is 0 Å². The van der Waals surface area contributed by atoms with Crippen molar-refractivity contribution in [2.45, 2.75) is 6.92 Å². The second kappa shape index (κ2) is 10.6. The zero-order chi connectivity index (χ0) is 20.5. The Morgan fingerprint density at radius 3 is 2.45 bits per heavy atom. The Labute approximate surface area is 172 Å². The van der Waals surface area contributed by atoms with E-state index in [-0.39, 0.29) is 6.03 Å². The number of hydrogen-bond acceptors (Lipinski definition) is 5. The number of piperazine rings is 1. The lowest BCUT2D eigenvalue weighted by Crippen LogP contribution is -2.48. The Hall–Kier alpha value is -2.93. The SMILES string of the molecule is CCOc1ccccc1NC(=O)NCCN1CCN(c2ccc(OC)cc2)CC1. The molecule has 1 aliphatic heterocycles. The van der Waals surface area contributed by atoms with Crippen LogP contribution in [0.5, 0.6) is 11.5 Å². The Morgan fingerprint density at radius 2 is 1.76 bits per heavy atom. The molecule has 0 saturated carbocycles. The predicted molar refractivity (Wildman–Crippen MR) is 116 cm³/mol. The van der Waals surface area contributed by atoms with Crippen LogP contribution in [-0.4, -0.2) is 63.9 Å². The summed E-state index contributed by atoms with van der Waals surface area (Å²) in [6.07, 6.45) is 0. The van der Waals surface area contributed by atoms with E-state index in [2.05, 4.69) is 32.6 Å². The Morgan fingerprint density at radius 1 is 1.03 bits per heavy atom. The van der Waals surface area contributed by atoms with E-state index >= 15 is 0 Å². The number of anilines is 2. The van der Waals surface area contributed by atoms with Gasteiger partial charge < -0.3 is 25.0 Å². The quantitative estimate of drug-likeness (QED) is 0.716. The van der Waals surface area contributed by atoms with Crippen molar-refractivity contribution >= 4 is 17.4 Å². The molecule has 29 heavy (non-hydrogen) atoms. The van der Waals surface area contributed by atoms with Gasteiger partial charge in [-0.05, 0) is 43.3 Å². The smallest absolute Gasteiger partial charge is 0.319 e. The molecule has 2 N–H and O–H groups in total. The number of rotatable bonds is 8. The topological polar surface area (TPSA) is 66.1 Å². The van der Waals surface area contributed by atoms with Gasteiger partial charge in [0.25, 0.3) is 0 Å². The molecule has 0 aliphatic carbocycles. The molecule has 1 saturated heterocycles. The number of ether oxygens (including phenoxy) is 2. The van der Waals surface area contributed by atoms with Crippen LogP contribution in [0, 0.1) is 0 Å². The lowest BCUT2D eigenvalue weighted by Gasteiger charge is -2.36. The van der Waals surface area contributed by atoms with Crippen LogP contribution >= 0.6 is 0 Å². The highest BCUT2D eigenvalue weighted by molar-refractivity contribution is 5.90. The summed E-state index contributed by atoms with van der Waals surface area (Å²) in [5.41, 5.74) is 1.90. The highest BCUT2D eigenvalue weighted by Crippen LogP contribution is 2.23. The molecule has 1 aliphatic rings. The van der Waals surface area contributed by atoms with Gasteiger partial charge in [-0.2, -0.15) is 0 Å². The monoisotopic (exact) mass is 398 g/mol. The molecule has 0 aromatic heterocycles. The first kappa shape index (κ1) is 20.8. The van der Waals surface area contributed by atoms with Crippen molar-refractivity contribution < 1.29 is 14.3 Å². The number of urea groups is 1. The maximum Gasteiger partial charge on any atom is 0.319 e. The highest BCUT2D eigenvalue weighted by atomic mass is 16.5. The number of amides is 2. The molecular formula is C22H30N4O3. The number of benzene rings is 2. The predicted octanol–water partition coefficient (Wildman–Crippen LogP) is 3.04. The summed E-state index contributed by atoms with van der Waals surface area (Å²) < 4.78 is 10.8. The lowest BCUT2D eigenvalue weighted by molar-refractivity contribution is 0.240. The fourth-order valence-electron chi connectivity index (χ4n) is 3.37. The minimum absolute atomic E-state index is 0.214. The van der Waals surface area contributed by atoms with E-state index in [9.17, 15) is 4.79 Å². The molecule has 2 aromatic carbocycles. The third kappa shape index (κ3) is 6.02. The summed E-state index contributed by atoms with van der Waals surface area (Å²) in [4.78, 5) is 16.9. The summed E-state index contributed by atoms with van der Waals surface area (Å²) in [7, 11) is 1.68. The molecule has 2 amide bonds. The second-order valence-corrected chi connectivity index (χ2v) is 6.84. The molecule has 0 radical (unpaired) electrons. The van der Waals surface area contributed by atoms with Crippen LogP contribution in [0.1, 0.15) is 6.92 Å². The van der Waals surface area contributed by atoms with Crippen LogP contribution in [0.2, 0.25) is 0 Å². The van der Waals surface area contributed by atoms with Crippen molar-refractivity contribution in [1.29, 1.82) is 0 Å². The molecule has 7 heteroatoms. The Kier molecular flexibility index (Phi) is 7.58. The van der Waals surface area contributed by atoms with Crippen LogP contribution in [-0.2, 0) is 0 Å². The summed E-state index contributed by atoms with van der Waals surface area (Å²) in [6, 6.07) is 15.4. The molecule has 1 fully saturated rings. The number of hydrogen-bond donors (Lipinski definition) is 2. The van der Waals surface area contributed by atoms with Crippen molar-refractivity contribution in [2.75, 3.05) is 63.2 Å². The van der Waals surface area contributed by atoms with E-state index in [4.69, 9.17) is 9.47 Å². The van der Waals surface area contributed by atoms with E-state index in [1.165, 1.54) is 5.69 Å². The average molecular weight is 399 g/mol. The molecule has 1 heterocycles. The molecule has 0 bridgehead atoms. The summed E-state index contributed by atoms with van der Waals surface area (Å²) in [5, 5.41) is 5.79. The van der Waals surface area contributed by atoms with Gasteiger partial charge in [-0.3, -0.25) is 4.90 Å². The summed E-state index contributed by atoms with van der Waals surface area (Å²) in [5.74, 6) is 1.56. The fraction of sp³-hybridized carbons (Fsp3) is 0.409. The van der Waals surface area contributed by atoms with Gasteiger partial charge in [0.2, 0.25) is 0 Å². The van der Waals surface area contributed by atoms with Gasteiger partial charge in [-0.25, -0.2) is 4.79 Å². The second-order valence-electron chi connectivity index (χ2n) is 6.84. The van der Waals surface area contributed by atoms with Gasteiger partial charge in [0.1, 0.15) is 11.5 Å². The maximum atomic E-state index is 12.2. The molecular weight excluding hydrogens is 368 g/mol. The minimum Gasteiger partial charge on any atom is -0.497 e. The Bertz CT molecular complexity index is 774. The molecule has 0 atom stereocenters. The van der Waals surface area contributed by atoms with E-state index in [1.54, 1.807) is 7.11 Å². The first-order chi connectivity index (χ1) is 14.2. The fourth-order valence-corrected chi connectivity index (χ4v) is 3.37. The molecule has 0 spiro atoms. The van der Waals surface area contributed by atoms with Gasteiger partial charge in [-0.1, -0.05) is 12.1 Å². The van der Waals surface area contributed by atoms with E-state index in [0.29, 0.717) is 24.6 Å². The standard InChI is InChI=1S/C22H30N4O3/c1-3-29-21-7-5-4-6-20(21)24-22(27)23-12-13-25-14-16-26(17-15-25)18-8-10-19(28-2)11-9-18/h4-11H,3,12-17H2,1-2H3,(H2,23,24,27).